The summed E-state index contributed by atoms with van der Waals surface area (Å²) < 4.78 is 5.74. The average molecular weight is 519 g/mol. The normalized spacial score (nSPS) is 10.4. The molecular formula is C28H30N4O4S. The number of carbonyl (C=O) groups is 3. The van der Waals surface area contributed by atoms with E-state index in [4.69, 9.17) is 17.0 Å². The van der Waals surface area contributed by atoms with Crippen molar-refractivity contribution in [3.05, 3.63) is 95.6 Å². The number of hydrogen-bond donors (Lipinski definition) is 4. The first-order valence-electron chi connectivity index (χ1n) is 11.9. The first-order chi connectivity index (χ1) is 17.8. The zero-order valence-electron chi connectivity index (χ0n) is 20.7. The molecule has 8 nitrogen and oxygen atoms in total. The van der Waals surface area contributed by atoms with Crippen LogP contribution in [-0.2, 0) is 11.2 Å². The van der Waals surface area contributed by atoms with Crippen molar-refractivity contribution in [1.29, 1.82) is 0 Å². The van der Waals surface area contributed by atoms with E-state index in [0.29, 0.717) is 35.6 Å². The zero-order valence-corrected chi connectivity index (χ0v) is 21.6. The monoisotopic (exact) mass is 518 g/mol. The summed E-state index contributed by atoms with van der Waals surface area (Å²) in [5, 5.41) is 5.24. The second kappa shape index (κ2) is 13.7. The molecule has 0 bridgehead atoms. The Hall–Kier alpha value is -4.24. The average Bonchev–Trinajstić information content (AvgIpc) is 2.88. The molecule has 3 aromatic rings. The molecule has 0 atom stereocenters. The van der Waals surface area contributed by atoms with Crippen LogP contribution < -0.4 is 26.2 Å². The Morgan fingerprint density at radius 1 is 0.811 bits per heavy atom. The van der Waals surface area contributed by atoms with Gasteiger partial charge in [0.1, 0.15) is 5.75 Å². The summed E-state index contributed by atoms with van der Waals surface area (Å²) >= 11 is 5.10. The third kappa shape index (κ3) is 9.38. The van der Waals surface area contributed by atoms with E-state index in [9.17, 15) is 14.4 Å². The minimum atomic E-state index is -0.450. The standard InChI is InChI=1S/C28H30N4O4S/c1-19(2)18-25(33)29-23-12-8-22(9-13-23)27(35)31-32-28(37)30-26(34)21-10-14-24(15-11-21)36-17-16-20-6-4-3-5-7-20/h3-15,19H,16-18H2,1-2H3,(H,29,33)(H,31,35)(H2,30,32,34,37). The van der Waals surface area contributed by atoms with Crippen molar-refractivity contribution in [3.63, 3.8) is 0 Å². The lowest BCUT2D eigenvalue weighted by atomic mass is 10.1. The van der Waals surface area contributed by atoms with E-state index >= 15 is 0 Å². The molecule has 0 aromatic heterocycles. The van der Waals surface area contributed by atoms with Crippen LogP contribution >= 0.6 is 12.2 Å². The van der Waals surface area contributed by atoms with Gasteiger partial charge in [0.25, 0.3) is 11.8 Å². The molecule has 0 aliphatic carbocycles. The molecular weight excluding hydrogens is 488 g/mol. The van der Waals surface area contributed by atoms with E-state index in [1.54, 1.807) is 48.5 Å². The van der Waals surface area contributed by atoms with Crippen molar-refractivity contribution >= 4 is 40.7 Å². The number of nitrogens with one attached hydrogen (secondary N) is 4. The van der Waals surface area contributed by atoms with Crippen molar-refractivity contribution in [2.45, 2.75) is 26.7 Å². The maximum Gasteiger partial charge on any atom is 0.269 e. The smallest absolute Gasteiger partial charge is 0.269 e. The van der Waals surface area contributed by atoms with Gasteiger partial charge in [-0.2, -0.15) is 0 Å². The van der Waals surface area contributed by atoms with E-state index in [1.807, 2.05) is 44.2 Å². The number of hydrazine groups is 1. The van der Waals surface area contributed by atoms with Crippen molar-refractivity contribution < 1.29 is 19.1 Å². The Bertz CT molecular complexity index is 1210. The molecule has 0 aliphatic heterocycles. The van der Waals surface area contributed by atoms with E-state index in [0.717, 1.165) is 6.42 Å². The van der Waals surface area contributed by atoms with Crippen molar-refractivity contribution in [2.24, 2.45) is 5.92 Å². The quantitative estimate of drug-likeness (QED) is 0.249. The fraction of sp³-hybridized carbons (Fsp3) is 0.214. The molecule has 0 heterocycles. The van der Waals surface area contributed by atoms with Crippen LogP contribution in [0.3, 0.4) is 0 Å². The summed E-state index contributed by atoms with van der Waals surface area (Å²) in [5.74, 6) is -0.0483. The van der Waals surface area contributed by atoms with Crippen LogP contribution in [0.25, 0.3) is 0 Å². The molecule has 0 fully saturated rings. The Morgan fingerprint density at radius 2 is 1.43 bits per heavy atom. The van der Waals surface area contributed by atoms with E-state index in [-0.39, 0.29) is 16.9 Å². The van der Waals surface area contributed by atoms with Crippen LogP contribution in [0.2, 0.25) is 0 Å². The van der Waals surface area contributed by atoms with Gasteiger partial charge in [0, 0.05) is 29.7 Å². The minimum Gasteiger partial charge on any atom is -0.493 e. The fourth-order valence-electron chi connectivity index (χ4n) is 3.31. The van der Waals surface area contributed by atoms with Gasteiger partial charge in [0.05, 0.1) is 6.61 Å². The Kier molecular flexibility index (Phi) is 10.2. The summed E-state index contributed by atoms with van der Waals surface area (Å²) in [7, 11) is 0. The van der Waals surface area contributed by atoms with Gasteiger partial charge in [-0.1, -0.05) is 44.2 Å². The van der Waals surface area contributed by atoms with Crippen LogP contribution in [0.5, 0.6) is 5.75 Å². The van der Waals surface area contributed by atoms with Crippen LogP contribution in [0.15, 0.2) is 78.9 Å². The largest absolute Gasteiger partial charge is 0.493 e. The second-order valence-electron chi connectivity index (χ2n) is 8.69. The van der Waals surface area contributed by atoms with Crippen LogP contribution in [0.1, 0.15) is 46.5 Å². The van der Waals surface area contributed by atoms with Crippen LogP contribution in [0, 0.1) is 5.92 Å². The molecule has 3 rings (SSSR count). The first-order valence-corrected chi connectivity index (χ1v) is 12.3. The lowest BCUT2D eigenvalue weighted by molar-refractivity contribution is -0.116. The van der Waals surface area contributed by atoms with Crippen LogP contribution in [-0.4, -0.2) is 29.4 Å². The van der Waals surface area contributed by atoms with Crippen molar-refractivity contribution in [2.75, 3.05) is 11.9 Å². The maximum absolute atomic E-state index is 12.4. The van der Waals surface area contributed by atoms with E-state index < -0.39 is 11.8 Å². The summed E-state index contributed by atoms with van der Waals surface area (Å²) in [6, 6.07) is 23.2. The van der Waals surface area contributed by atoms with Gasteiger partial charge < -0.3 is 10.1 Å². The zero-order chi connectivity index (χ0) is 26.6. The van der Waals surface area contributed by atoms with Crippen LogP contribution in [0.4, 0.5) is 5.69 Å². The molecule has 37 heavy (non-hydrogen) atoms. The van der Waals surface area contributed by atoms with Gasteiger partial charge in [-0.25, -0.2) is 0 Å². The Labute approximate surface area is 221 Å². The predicted octanol–water partition coefficient (Wildman–Crippen LogP) is 4.24. The molecule has 3 aromatic carbocycles. The highest BCUT2D eigenvalue weighted by atomic mass is 32.1. The molecule has 0 unspecified atom stereocenters. The molecule has 0 aliphatic rings. The third-order valence-corrected chi connectivity index (χ3v) is 5.36. The van der Waals surface area contributed by atoms with Gasteiger partial charge >= 0.3 is 0 Å². The number of ether oxygens (including phenoxy) is 1. The summed E-state index contributed by atoms with van der Waals surface area (Å²) in [6.45, 7) is 4.46. The molecule has 192 valence electrons. The molecule has 9 heteroatoms. The van der Waals surface area contributed by atoms with Crippen molar-refractivity contribution in [3.8, 4) is 5.75 Å². The summed E-state index contributed by atoms with van der Waals surface area (Å²) in [4.78, 5) is 36.7. The van der Waals surface area contributed by atoms with Gasteiger partial charge in [-0.3, -0.25) is 30.6 Å². The maximum atomic E-state index is 12.4. The highest BCUT2D eigenvalue weighted by molar-refractivity contribution is 7.80. The molecule has 0 spiro atoms. The minimum absolute atomic E-state index is 0.0564. The highest BCUT2D eigenvalue weighted by Crippen LogP contribution is 2.13. The summed E-state index contributed by atoms with van der Waals surface area (Å²) in [6.07, 6.45) is 1.20. The Balaban J connectivity index is 1.40. The molecule has 0 radical (unpaired) electrons. The van der Waals surface area contributed by atoms with Crippen molar-refractivity contribution in [1.82, 2.24) is 16.2 Å². The van der Waals surface area contributed by atoms with E-state index in [2.05, 4.69) is 21.5 Å². The first kappa shape index (κ1) is 27.3. The van der Waals surface area contributed by atoms with E-state index in [1.165, 1.54) is 5.56 Å². The van der Waals surface area contributed by atoms with Gasteiger partial charge in [-0.05, 0) is 72.2 Å². The second-order valence-corrected chi connectivity index (χ2v) is 9.10. The van der Waals surface area contributed by atoms with Gasteiger partial charge in [0.15, 0.2) is 5.11 Å². The highest BCUT2D eigenvalue weighted by Gasteiger charge is 2.11. The molecule has 3 amide bonds. The molecule has 0 saturated heterocycles. The third-order valence-electron chi connectivity index (χ3n) is 5.16. The number of carbonyl (C=O) groups excluding carboxylic acids is 3. The van der Waals surface area contributed by atoms with Gasteiger partial charge in [0.2, 0.25) is 5.91 Å². The SMILES string of the molecule is CC(C)CC(=O)Nc1ccc(C(=O)NNC(=S)NC(=O)c2ccc(OCCc3ccccc3)cc2)cc1. The summed E-state index contributed by atoms with van der Waals surface area (Å²) in [5.41, 5.74) is 7.48. The fourth-order valence-corrected chi connectivity index (χ4v) is 3.46. The number of benzene rings is 3. The number of hydrogen-bond acceptors (Lipinski definition) is 5. The molecule has 4 N–H and O–H groups in total. The lowest BCUT2D eigenvalue weighted by Crippen LogP contribution is -2.48. The number of rotatable bonds is 9. The van der Waals surface area contributed by atoms with Gasteiger partial charge in [-0.15, -0.1) is 0 Å². The lowest BCUT2D eigenvalue weighted by Gasteiger charge is -2.12. The molecule has 0 saturated carbocycles. The predicted molar refractivity (Wildman–Crippen MR) is 147 cm³/mol. The number of amides is 3. The Morgan fingerprint density at radius 3 is 2.08 bits per heavy atom. The number of thiocarbonyl (C=S) groups is 1. The topological polar surface area (TPSA) is 109 Å². The number of anilines is 1.